The molecule has 1 aromatic carbocycles. The molecular formula is C15H19FN2. The predicted molar refractivity (Wildman–Crippen MR) is 72.1 cm³/mol. The SMILES string of the molecule is Cn1ccc2cc(F)c(C3(CN)CCCC3)cc21. The highest BCUT2D eigenvalue weighted by molar-refractivity contribution is 5.81. The van der Waals surface area contributed by atoms with Crippen molar-refractivity contribution in [1.82, 2.24) is 4.57 Å². The molecule has 96 valence electrons. The van der Waals surface area contributed by atoms with E-state index in [9.17, 15) is 4.39 Å². The van der Waals surface area contributed by atoms with Gasteiger partial charge in [0.1, 0.15) is 5.82 Å². The summed E-state index contributed by atoms with van der Waals surface area (Å²) in [5.74, 6) is -0.0962. The summed E-state index contributed by atoms with van der Waals surface area (Å²) in [5.41, 5.74) is 7.72. The summed E-state index contributed by atoms with van der Waals surface area (Å²) < 4.78 is 16.4. The van der Waals surface area contributed by atoms with E-state index in [2.05, 4.69) is 0 Å². The number of aromatic nitrogens is 1. The van der Waals surface area contributed by atoms with Crippen LogP contribution in [0.3, 0.4) is 0 Å². The first-order chi connectivity index (χ1) is 8.66. The molecule has 0 saturated heterocycles. The predicted octanol–water partition coefficient (Wildman–Crippen LogP) is 3.09. The number of benzene rings is 1. The van der Waals surface area contributed by atoms with Crippen LogP contribution in [-0.4, -0.2) is 11.1 Å². The van der Waals surface area contributed by atoms with Crippen LogP contribution in [0.1, 0.15) is 31.2 Å². The molecule has 0 atom stereocenters. The second-order valence-corrected chi connectivity index (χ2v) is 5.51. The molecule has 1 aromatic heterocycles. The van der Waals surface area contributed by atoms with Crippen molar-refractivity contribution in [3.05, 3.63) is 35.8 Å². The smallest absolute Gasteiger partial charge is 0.127 e. The van der Waals surface area contributed by atoms with Gasteiger partial charge in [0.05, 0.1) is 0 Å². The third kappa shape index (κ3) is 1.57. The maximum absolute atomic E-state index is 14.3. The van der Waals surface area contributed by atoms with E-state index in [1.54, 1.807) is 6.07 Å². The van der Waals surface area contributed by atoms with E-state index in [0.29, 0.717) is 6.54 Å². The van der Waals surface area contributed by atoms with Crippen molar-refractivity contribution in [3.63, 3.8) is 0 Å². The zero-order valence-electron chi connectivity index (χ0n) is 10.7. The normalized spacial score (nSPS) is 18.6. The van der Waals surface area contributed by atoms with Gasteiger partial charge >= 0.3 is 0 Å². The van der Waals surface area contributed by atoms with Crippen molar-refractivity contribution in [2.45, 2.75) is 31.1 Å². The van der Waals surface area contributed by atoms with Crippen molar-refractivity contribution < 1.29 is 4.39 Å². The van der Waals surface area contributed by atoms with Gasteiger partial charge in [0.25, 0.3) is 0 Å². The molecule has 2 aromatic rings. The molecule has 0 radical (unpaired) electrons. The molecule has 3 heteroatoms. The zero-order valence-corrected chi connectivity index (χ0v) is 10.7. The fourth-order valence-electron chi connectivity index (χ4n) is 3.33. The quantitative estimate of drug-likeness (QED) is 0.867. The Morgan fingerprint density at radius 3 is 2.72 bits per heavy atom. The Kier molecular flexibility index (Phi) is 2.67. The molecule has 0 spiro atoms. The largest absolute Gasteiger partial charge is 0.351 e. The van der Waals surface area contributed by atoms with Crippen LogP contribution in [0.5, 0.6) is 0 Å². The van der Waals surface area contributed by atoms with Crippen LogP contribution in [-0.2, 0) is 12.5 Å². The van der Waals surface area contributed by atoms with Crippen molar-refractivity contribution >= 4 is 10.9 Å². The van der Waals surface area contributed by atoms with Crippen LogP contribution in [0.15, 0.2) is 24.4 Å². The number of fused-ring (bicyclic) bond motifs is 1. The summed E-state index contributed by atoms with van der Waals surface area (Å²) in [4.78, 5) is 0. The van der Waals surface area contributed by atoms with Crippen molar-refractivity contribution in [1.29, 1.82) is 0 Å². The average Bonchev–Trinajstić information content (AvgIpc) is 2.97. The number of rotatable bonds is 2. The summed E-state index contributed by atoms with van der Waals surface area (Å²) >= 11 is 0. The lowest BCUT2D eigenvalue weighted by atomic mass is 9.78. The van der Waals surface area contributed by atoms with E-state index >= 15 is 0 Å². The Morgan fingerprint density at radius 1 is 1.33 bits per heavy atom. The van der Waals surface area contributed by atoms with Gasteiger partial charge in [-0.25, -0.2) is 4.39 Å². The average molecular weight is 246 g/mol. The topological polar surface area (TPSA) is 30.9 Å². The van der Waals surface area contributed by atoms with Gasteiger partial charge in [-0.1, -0.05) is 12.8 Å². The van der Waals surface area contributed by atoms with Crippen LogP contribution in [0.4, 0.5) is 4.39 Å². The summed E-state index contributed by atoms with van der Waals surface area (Å²) in [5, 5.41) is 0.962. The summed E-state index contributed by atoms with van der Waals surface area (Å²) in [6, 6.07) is 5.61. The molecule has 0 unspecified atom stereocenters. The van der Waals surface area contributed by atoms with Crippen LogP contribution >= 0.6 is 0 Å². The lowest BCUT2D eigenvalue weighted by molar-refractivity contribution is 0.427. The van der Waals surface area contributed by atoms with E-state index < -0.39 is 0 Å². The Morgan fingerprint density at radius 2 is 2.06 bits per heavy atom. The van der Waals surface area contributed by atoms with Gasteiger partial charge < -0.3 is 10.3 Å². The molecule has 1 aliphatic carbocycles. The Balaban J connectivity index is 2.21. The molecule has 2 nitrogen and oxygen atoms in total. The number of aryl methyl sites for hydroxylation is 1. The molecule has 18 heavy (non-hydrogen) atoms. The van der Waals surface area contributed by atoms with Crippen LogP contribution < -0.4 is 5.73 Å². The standard InChI is InChI=1S/C15H19FN2/c1-18-7-4-11-8-13(16)12(9-14(11)18)15(10-17)5-2-3-6-15/h4,7-9H,2-3,5-6,10,17H2,1H3. The fourth-order valence-corrected chi connectivity index (χ4v) is 3.33. The lowest BCUT2D eigenvalue weighted by Gasteiger charge is -2.28. The molecule has 3 rings (SSSR count). The van der Waals surface area contributed by atoms with Crippen molar-refractivity contribution in [2.75, 3.05) is 6.54 Å². The second-order valence-electron chi connectivity index (χ2n) is 5.51. The van der Waals surface area contributed by atoms with E-state index in [1.165, 1.54) is 0 Å². The Hall–Kier alpha value is -1.35. The third-order valence-corrected chi connectivity index (χ3v) is 4.50. The highest BCUT2D eigenvalue weighted by Crippen LogP contribution is 2.42. The molecule has 0 aliphatic heterocycles. The second kappa shape index (κ2) is 4.09. The van der Waals surface area contributed by atoms with Gasteiger partial charge in [0.2, 0.25) is 0 Å². The first kappa shape index (κ1) is 11.7. The van der Waals surface area contributed by atoms with Crippen molar-refractivity contribution in [3.8, 4) is 0 Å². The highest BCUT2D eigenvalue weighted by atomic mass is 19.1. The lowest BCUT2D eigenvalue weighted by Crippen LogP contribution is -2.33. The highest BCUT2D eigenvalue weighted by Gasteiger charge is 2.36. The maximum Gasteiger partial charge on any atom is 0.127 e. The van der Waals surface area contributed by atoms with Crippen LogP contribution in [0.2, 0.25) is 0 Å². The monoisotopic (exact) mass is 246 g/mol. The Bertz CT molecular complexity index is 579. The molecule has 1 fully saturated rings. The number of nitrogens with two attached hydrogens (primary N) is 1. The van der Waals surface area contributed by atoms with Crippen molar-refractivity contribution in [2.24, 2.45) is 12.8 Å². The molecule has 2 N–H and O–H groups in total. The number of hydrogen-bond acceptors (Lipinski definition) is 1. The minimum Gasteiger partial charge on any atom is -0.351 e. The van der Waals surface area contributed by atoms with Gasteiger partial charge in [0.15, 0.2) is 0 Å². The van der Waals surface area contributed by atoms with Gasteiger partial charge in [-0.3, -0.25) is 0 Å². The van der Waals surface area contributed by atoms with Gasteiger partial charge in [-0.2, -0.15) is 0 Å². The minimum atomic E-state index is -0.136. The van der Waals surface area contributed by atoms with Gasteiger partial charge in [0, 0.05) is 36.1 Å². The first-order valence-corrected chi connectivity index (χ1v) is 6.61. The van der Waals surface area contributed by atoms with Crippen LogP contribution in [0.25, 0.3) is 10.9 Å². The molecule has 1 aliphatic rings. The fraction of sp³-hybridized carbons (Fsp3) is 0.467. The summed E-state index contributed by atoms with van der Waals surface area (Å²) in [6.45, 7) is 0.542. The molecule has 1 heterocycles. The minimum absolute atomic E-state index is 0.0962. The van der Waals surface area contributed by atoms with E-state index in [4.69, 9.17) is 5.73 Å². The summed E-state index contributed by atoms with van der Waals surface area (Å²) in [6.07, 6.45) is 6.30. The number of nitrogens with zero attached hydrogens (tertiary/aromatic N) is 1. The van der Waals surface area contributed by atoms with E-state index in [0.717, 1.165) is 42.1 Å². The zero-order chi connectivity index (χ0) is 12.8. The molecule has 0 amide bonds. The molecule has 0 bridgehead atoms. The van der Waals surface area contributed by atoms with Crippen LogP contribution in [0, 0.1) is 5.82 Å². The van der Waals surface area contributed by atoms with E-state index in [-0.39, 0.29) is 11.2 Å². The van der Waals surface area contributed by atoms with Gasteiger partial charge in [-0.15, -0.1) is 0 Å². The third-order valence-electron chi connectivity index (χ3n) is 4.50. The number of halogens is 1. The van der Waals surface area contributed by atoms with E-state index in [1.807, 2.05) is 29.9 Å². The molecule has 1 saturated carbocycles. The molecular weight excluding hydrogens is 227 g/mol. The maximum atomic E-state index is 14.3. The summed E-state index contributed by atoms with van der Waals surface area (Å²) in [7, 11) is 1.99. The number of hydrogen-bond donors (Lipinski definition) is 1. The first-order valence-electron chi connectivity index (χ1n) is 6.61. The Labute approximate surface area is 107 Å². The van der Waals surface area contributed by atoms with Gasteiger partial charge in [-0.05, 0) is 36.6 Å².